The molecule has 1 aromatic carbocycles. The van der Waals surface area contributed by atoms with E-state index in [9.17, 15) is 4.79 Å². The molecule has 1 aliphatic rings. The molecule has 5 nitrogen and oxygen atoms in total. The predicted molar refractivity (Wildman–Crippen MR) is 89.3 cm³/mol. The molecule has 0 unspecified atom stereocenters. The Morgan fingerprint density at radius 2 is 1.91 bits per heavy atom. The van der Waals surface area contributed by atoms with Gasteiger partial charge in [0.25, 0.3) is 5.56 Å². The zero-order chi connectivity index (χ0) is 15.1. The van der Waals surface area contributed by atoms with Crippen molar-refractivity contribution in [1.82, 2.24) is 14.3 Å². The summed E-state index contributed by atoms with van der Waals surface area (Å²) in [6.07, 6.45) is 0. The van der Waals surface area contributed by atoms with Crippen molar-refractivity contribution in [1.29, 1.82) is 0 Å². The van der Waals surface area contributed by atoms with E-state index >= 15 is 0 Å². The maximum Gasteiger partial charge on any atom is 0.272 e. The van der Waals surface area contributed by atoms with Gasteiger partial charge in [-0.3, -0.25) is 14.1 Å². The van der Waals surface area contributed by atoms with Crippen LogP contribution in [0.25, 0.3) is 16.6 Å². The van der Waals surface area contributed by atoms with Crippen molar-refractivity contribution in [2.75, 3.05) is 26.3 Å². The molecule has 4 rings (SSSR count). The first-order chi connectivity index (χ1) is 10.7. The van der Waals surface area contributed by atoms with Crippen LogP contribution in [0.3, 0.4) is 0 Å². The van der Waals surface area contributed by atoms with Crippen LogP contribution in [0, 0.1) is 0 Å². The predicted octanol–water partition coefficient (Wildman–Crippen LogP) is 2.38. The summed E-state index contributed by atoms with van der Waals surface area (Å²) in [5.74, 6) is 0. The summed E-state index contributed by atoms with van der Waals surface area (Å²) >= 11 is 3.51. The van der Waals surface area contributed by atoms with Crippen LogP contribution < -0.4 is 5.56 Å². The SMILES string of the molecule is O=c1[nH]c2cc(CN3CCOCC3)ccc2n2c(Br)ccc12. The van der Waals surface area contributed by atoms with Crippen LogP contribution in [0.1, 0.15) is 5.56 Å². The minimum atomic E-state index is -0.0678. The van der Waals surface area contributed by atoms with Gasteiger partial charge in [-0.15, -0.1) is 0 Å². The van der Waals surface area contributed by atoms with Gasteiger partial charge in [0.15, 0.2) is 0 Å². The Kier molecular flexibility index (Phi) is 3.52. The Labute approximate surface area is 135 Å². The Hall–Kier alpha value is -1.63. The van der Waals surface area contributed by atoms with Crippen molar-refractivity contribution >= 4 is 32.5 Å². The third kappa shape index (κ3) is 2.37. The van der Waals surface area contributed by atoms with Crippen molar-refractivity contribution < 1.29 is 4.74 Å². The van der Waals surface area contributed by atoms with Crippen LogP contribution in [0.2, 0.25) is 0 Å². The quantitative estimate of drug-likeness (QED) is 0.762. The van der Waals surface area contributed by atoms with Crippen molar-refractivity contribution in [3.63, 3.8) is 0 Å². The van der Waals surface area contributed by atoms with Gasteiger partial charge >= 0.3 is 0 Å². The summed E-state index contributed by atoms with van der Waals surface area (Å²) in [7, 11) is 0. The Morgan fingerprint density at radius 3 is 2.73 bits per heavy atom. The highest BCUT2D eigenvalue weighted by Gasteiger charge is 2.12. The van der Waals surface area contributed by atoms with Gasteiger partial charge in [0, 0.05) is 19.6 Å². The summed E-state index contributed by atoms with van der Waals surface area (Å²) in [6, 6.07) is 9.98. The maximum absolute atomic E-state index is 12.2. The molecule has 0 atom stereocenters. The summed E-state index contributed by atoms with van der Waals surface area (Å²) in [5, 5.41) is 0. The Bertz CT molecular complexity index is 893. The van der Waals surface area contributed by atoms with Crippen LogP contribution in [0.15, 0.2) is 39.7 Å². The van der Waals surface area contributed by atoms with Gasteiger partial charge in [-0.2, -0.15) is 0 Å². The number of nitrogens with zero attached hydrogens (tertiary/aromatic N) is 2. The number of nitrogens with one attached hydrogen (secondary N) is 1. The molecule has 1 saturated heterocycles. The molecular formula is C16H16BrN3O2. The summed E-state index contributed by atoms with van der Waals surface area (Å²) in [4.78, 5) is 17.5. The normalized spacial score (nSPS) is 16.6. The lowest BCUT2D eigenvalue weighted by Crippen LogP contribution is -2.35. The number of hydrogen-bond donors (Lipinski definition) is 1. The van der Waals surface area contributed by atoms with Crippen molar-refractivity contribution in [2.24, 2.45) is 0 Å². The number of morpholine rings is 1. The van der Waals surface area contributed by atoms with Crippen molar-refractivity contribution in [3.05, 3.63) is 50.9 Å². The number of halogens is 1. The number of hydrogen-bond acceptors (Lipinski definition) is 3. The van der Waals surface area contributed by atoms with Gasteiger partial charge in [-0.1, -0.05) is 6.07 Å². The number of benzene rings is 1. The summed E-state index contributed by atoms with van der Waals surface area (Å²) in [6.45, 7) is 4.38. The summed E-state index contributed by atoms with van der Waals surface area (Å²) < 4.78 is 8.20. The molecule has 22 heavy (non-hydrogen) atoms. The minimum Gasteiger partial charge on any atom is -0.379 e. The van der Waals surface area contributed by atoms with E-state index in [0.29, 0.717) is 5.52 Å². The highest BCUT2D eigenvalue weighted by atomic mass is 79.9. The van der Waals surface area contributed by atoms with Crippen molar-refractivity contribution in [3.8, 4) is 0 Å². The number of aromatic amines is 1. The highest BCUT2D eigenvalue weighted by molar-refractivity contribution is 9.10. The first kappa shape index (κ1) is 14.0. The Balaban J connectivity index is 1.78. The van der Waals surface area contributed by atoms with Gasteiger partial charge in [0.2, 0.25) is 0 Å². The molecule has 2 aromatic heterocycles. The monoisotopic (exact) mass is 361 g/mol. The topological polar surface area (TPSA) is 49.7 Å². The molecule has 0 spiro atoms. The lowest BCUT2D eigenvalue weighted by Gasteiger charge is -2.26. The van der Waals surface area contributed by atoms with E-state index in [0.717, 1.165) is 48.5 Å². The second-order valence-corrected chi connectivity index (χ2v) is 6.38. The average molecular weight is 362 g/mol. The van der Waals surface area contributed by atoms with E-state index in [4.69, 9.17) is 4.74 Å². The number of H-pyrrole nitrogens is 1. The van der Waals surface area contributed by atoms with E-state index < -0.39 is 0 Å². The standard InChI is InChI=1S/C16H16BrN3O2/c17-15-4-3-14-16(21)18-12-9-11(1-2-13(12)20(14)15)10-19-5-7-22-8-6-19/h1-4,9H,5-8,10H2,(H,18,21). The largest absolute Gasteiger partial charge is 0.379 e. The molecule has 3 heterocycles. The van der Waals surface area contributed by atoms with Gasteiger partial charge in [0.1, 0.15) is 5.52 Å². The zero-order valence-corrected chi connectivity index (χ0v) is 13.6. The van der Waals surface area contributed by atoms with Crippen LogP contribution in [0.5, 0.6) is 0 Å². The molecule has 0 radical (unpaired) electrons. The number of aromatic nitrogens is 2. The number of rotatable bonds is 2. The first-order valence-corrected chi connectivity index (χ1v) is 8.14. The second kappa shape index (κ2) is 5.53. The molecule has 0 saturated carbocycles. The van der Waals surface area contributed by atoms with Gasteiger partial charge in [-0.25, -0.2) is 0 Å². The van der Waals surface area contributed by atoms with Crippen LogP contribution in [-0.2, 0) is 11.3 Å². The fourth-order valence-electron chi connectivity index (χ4n) is 3.01. The van der Waals surface area contributed by atoms with E-state index in [-0.39, 0.29) is 5.56 Å². The molecule has 6 heteroatoms. The molecule has 0 bridgehead atoms. The first-order valence-electron chi connectivity index (χ1n) is 7.34. The molecular weight excluding hydrogens is 346 g/mol. The minimum absolute atomic E-state index is 0.0678. The maximum atomic E-state index is 12.2. The molecule has 3 aromatic rings. The Morgan fingerprint density at radius 1 is 1.14 bits per heavy atom. The summed E-state index contributed by atoms with van der Waals surface area (Å²) in [5.41, 5.74) is 3.65. The molecule has 0 aliphatic carbocycles. The van der Waals surface area contributed by atoms with E-state index in [1.807, 2.05) is 16.5 Å². The number of ether oxygens (including phenoxy) is 1. The fourth-order valence-corrected chi connectivity index (χ4v) is 3.53. The van der Waals surface area contributed by atoms with E-state index in [1.54, 1.807) is 0 Å². The van der Waals surface area contributed by atoms with Crippen molar-refractivity contribution in [2.45, 2.75) is 6.54 Å². The fraction of sp³-hybridized carbons (Fsp3) is 0.312. The zero-order valence-electron chi connectivity index (χ0n) is 12.0. The second-order valence-electron chi connectivity index (χ2n) is 5.57. The number of fused-ring (bicyclic) bond motifs is 3. The van der Waals surface area contributed by atoms with E-state index in [2.05, 4.69) is 44.0 Å². The lowest BCUT2D eigenvalue weighted by molar-refractivity contribution is 0.0342. The third-order valence-corrected chi connectivity index (χ3v) is 4.74. The molecule has 0 amide bonds. The third-order valence-electron chi connectivity index (χ3n) is 4.13. The van der Waals surface area contributed by atoms with Crippen LogP contribution >= 0.6 is 15.9 Å². The van der Waals surface area contributed by atoms with Gasteiger partial charge < -0.3 is 9.72 Å². The molecule has 114 valence electrons. The molecule has 1 fully saturated rings. The average Bonchev–Trinajstić information content (AvgIpc) is 2.91. The van der Waals surface area contributed by atoms with Gasteiger partial charge in [0.05, 0.1) is 28.9 Å². The highest BCUT2D eigenvalue weighted by Crippen LogP contribution is 2.21. The molecule has 1 aliphatic heterocycles. The molecule has 1 N–H and O–H groups in total. The van der Waals surface area contributed by atoms with Crippen LogP contribution in [-0.4, -0.2) is 40.6 Å². The van der Waals surface area contributed by atoms with E-state index in [1.165, 1.54) is 5.56 Å². The van der Waals surface area contributed by atoms with Crippen LogP contribution in [0.4, 0.5) is 0 Å². The smallest absolute Gasteiger partial charge is 0.272 e. The van der Waals surface area contributed by atoms with Gasteiger partial charge in [-0.05, 0) is 45.8 Å². The lowest BCUT2D eigenvalue weighted by atomic mass is 10.1.